The van der Waals surface area contributed by atoms with Gasteiger partial charge >= 0.3 is 18.2 Å². The van der Waals surface area contributed by atoms with Gasteiger partial charge in [-0.1, -0.05) is 30.3 Å². The van der Waals surface area contributed by atoms with Gasteiger partial charge in [-0.2, -0.15) is 0 Å². The van der Waals surface area contributed by atoms with Crippen molar-refractivity contribution in [3.05, 3.63) is 35.9 Å². The average Bonchev–Trinajstić information content (AvgIpc) is 3.13. The normalized spacial score (nSPS) is 23.2. The third kappa shape index (κ3) is 5.11. The second kappa shape index (κ2) is 9.16. The molecule has 0 aliphatic carbocycles. The predicted octanol–water partition coefficient (Wildman–Crippen LogP) is 3.59. The Morgan fingerprint density at radius 2 is 1.81 bits per heavy atom. The summed E-state index contributed by atoms with van der Waals surface area (Å²) in [4.78, 5) is 41.8. The molecule has 2 heterocycles. The van der Waals surface area contributed by atoms with Gasteiger partial charge in [0.05, 0.1) is 12.6 Å². The molecule has 0 aromatic heterocycles. The summed E-state index contributed by atoms with van der Waals surface area (Å²) in [6.07, 6.45) is 0.173. The number of likely N-dealkylation sites (tertiary alicyclic amines) is 2. The Morgan fingerprint density at radius 3 is 2.45 bits per heavy atom. The van der Waals surface area contributed by atoms with E-state index >= 15 is 0 Å². The number of carbonyl (C=O) groups is 3. The number of benzene rings is 1. The molecular weight excluding hydrogens is 400 g/mol. The van der Waals surface area contributed by atoms with Crippen LogP contribution in [0.4, 0.5) is 9.59 Å². The molecule has 170 valence electrons. The summed E-state index contributed by atoms with van der Waals surface area (Å²) in [6.45, 7) is 8.33. The van der Waals surface area contributed by atoms with Gasteiger partial charge in [0, 0.05) is 19.6 Å². The zero-order valence-corrected chi connectivity index (χ0v) is 18.8. The van der Waals surface area contributed by atoms with Gasteiger partial charge in [0.2, 0.25) is 0 Å². The first-order chi connectivity index (χ1) is 14.7. The van der Waals surface area contributed by atoms with E-state index in [9.17, 15) is 14.4 Å². The summed E-state index contributed by atoms with van der Waals surface area (Å²) in [5, 5.41) is 0. The largest absolute Gasteiger partial charge is 0.465 e. The first kappa shape index (κ1) is 22.9. The van der Waals surface area contributed by atoms with Crippen molar-refractivity contribution in [1.82, 2.24) is 9.80 Å². The molecule has 3 rings (SSSR count). The van der Waals surface area contributed by atoms with Crippen LogP contribution >= 0.6 is 0 Å². The van der Waals surface area contributed by atoms with Crippen LogP contribution in [-0.2, 0) is 25.6 Å². The molecule has 0 bridgehead atoms. The lowest BCUT2D eigenvalue weighted by molar-refractivity contribution is -0.160. The van der Waals surface area contributed by atoms with Crippen molar-refractivity contribution < 1.29 is 28.6 Å². The molecule has 2 aliphatic rings. The van der Waals surface area contributed by atoms with Gasteiger partial charge < -0.3 is 24.0 Å². The molecule has 0 N–H and O–H groups in total. The first-order valence-corrected chi connectivity index (χ1v) is 10.8. The molecular formula is C23H32N2O6. The Balaban J connectivity index is 1.79. The molecule has 8 nitrogen and oxygen atoms in total. The smallest absolute Gasteiger partial charge is 0.410 e. The van der Waals surface area contributed by atoms with Crippen molar-refractivity contribution in [3.8, 4) is 0 Å². The van der Waals surface area contributed by atoms with Crippen molar-refractivity contribution in [3.63, 3.8) is 0 Å². The highest BCUT2D eigenvalue weighted by molar-refractivity contribution is 5.82. The van der Waals surface area contributed by atoms with Crippen LogP contribution in [0.25, 0.3) is 0 Å². The molecule has 2 aliphatic heterocycles. The van der Waals surface area contributed by atoms with Crippen molar-refractivity contribution in [2.24, 2.45) is 5.41 Å². The maximum atomic E-state index is 13.0. The van der Waals surface area contributed by atoms with E-state index in [1.165, 1.54) is 4.90 Å². The van der Waals surface area contributed by atoms with Crippen LogP contribution in [0.1, 0.15) is 46.1 Å². The average molecular weight is 433 g/mol. The van der Waals surface area contributed by atoms with Crippen LogP contribution in [0, 0.1) is 5.41 Å². The minimum absolute atomic E-state index is 0.144. The Hall–Kier alpha value is -2.77. The number of ether oxygens (including phenoxy) is 3. The summed E-state index contributed by atoms with van der Waals surface area (Å²) in [7, 11) is 0. The van der Waals surface area contributed by atoms with E-state index in [4.69, 9.17) is 14.2 Å². The van der Waals surface area contributed by atoms with Crippen molar-refractivity contribution in [2.45, 2.75) is 58.8 Å². The van der Waals surface area contributed by atoms with Crippen LogP contribution < -0.4 is 0 Å². The maximum absolute atomic E-state index is 13.0. The number of esters is 1. The molecule has 2 amide bonds. The summed E-state index contributed by atoms with van der Waals surface area (Å²) >= 11 is 0. The van der Waals surface area contributed by atoms with E-state index < -0.39 is 29.2 Å². The van der Waals surface area contributed by atoms with Crippen molar-refractivity contribution in [1.29, 1.82) is 0 Å². The van der Waals surface area contributed by atoms with Crippen LogP contribution in [0.15, 0.2) is 30.3 Å². The molecule has 1 aromatic rings. The molecule has 1 unspecified atom stereocenters. The van der Waals surface area contributed by atoms with Crippen LogP contribution in [-0.4, -0.2) is 65.8 Å². The highest BCUT2D eigenvalue weighted by atomic mass is 16.6. The SMILES string of the molecule is CCOC(=O)[C@]12CCCN(C(=O)OCc3ccccc3)C1CN(C(=O)OC(C)(C)C)C2. The molecule has 0 spiro atoms. The molecule has 2 fully saturated rings. The van der Waals surface area contributed by atoms with Gasteiger partial charge in [-0.05, 0) is 46.1 Å². The third-order valence-electron chi connectivity index (χ3n) is 5.68. The second-order valence-electron chi connectivity index (χ2n) is 9.09. The minimum atomic E-state index is -0.975. The number of hydrogen-bond donors (Lipinski definition) is 0. The highest BCUT2D eigenvalue weighted by Gasteiger charge is 2.59. The summed E-state index contributed by atoms with van der Waals surface area (Å²) in [5.41, 5.74) is -0.751. The van der Waals surface area contributed by atoms with E-state index in [1.54, 1.807) is 32.6 Å². The Labute approximate surface area is 183 Å². The quantitative estimate of drug-likeness (QED) is 0.534. The second-order valence-corrected chi connectivity index (χ2v) is 9.09. The fourth-order valence-corrected chi connectivity index (χ4v) is 4.32. The van der Waals surface area contributed by atoms with Crippen molar-refractivity contribution in [2.75, 3.05) is 26.2 Å². The fraction of sp³-hybridized carbons (Fsp3) is 0.609. The molecule has 31 heavy (non-hydrogen) atoms. The summed E-state index contributed by atoms with van der Waals surface area (Å²) in [5.74, 6) is -0.383. The molecule has 8 heteroatoms. The number of rotatable bonds is 4. The van der Waals surface area contributed by atoms with Gasteiger partial charge in [0.15, 0.2) is 0 Å². The summed E-state index contributed by atoms with van der Waals surface area (Å²) < 4.78 is 16.4. The Kier molecular flexibility index (Phi) is 6.77. The van der Waals surface area contributed by atoms with Gasteiger partial charge in [-0.3, -0.25) is 4.79 Å². The molecule has 1 aromatic carbocycles. The van der Waals surface area contributed by atoms with Crippen molar-refractivity contribution >= 4 is 18.2 Å². The third-order valence-corrected chi connectivity index (χ3v) is 5.68. The fourth-order valence-electron chi connectivity index (χ4n) is 4.32. The number of carbonyl (C=O) groups excluding carboxylic acids is 3. The number of piperidine rings is 1. The van der Waals surface area contributed by atoms with E-state index in [-0.39, 0.29) is 32.3 Å². The number of amides is 2. The number of fused-ring (bicyclic) bond motifs is 1. The minimum Gasteiger partial charge on any atom is -0.465 e. The zero-order chi connectivity index (χ0) is 22.6. The van der Waals surface area contributed by atoms with Gasteiger partial charge in [0.25, 0.3) is 0 Å². The van der Waals surface area contributed by atoms with Gasteiger partial charge in [-0.25, -0.2) is 9.59 Å². The van der Waals surface area contributed by atoms with Crippen LogP contribution in [0.5, 0.6) is 0 Å². The Morgan fingerprint density at radius 1 is 1.10 bits per heavy atom. The predicted molar refractivity (Wildman–Crippen MR) is 113 cm³/mol. The molecule has 2 saturated heterocycles. The Bertz CT molecular complexity index is 806. The summed E-state index contributed by atoms with van der Waals surface area (Å²) in [6, 6.07) is 8.90. The van der Waals surface area contributed by atoms with Gasteiger partial charge in [0.1, 0.15) is 17.6 Å². The lowest BCUT2D eigenvalue weighted by atomic mass is 9.75. The van der Waals surface area contributed by atoms with E-state index in [0.717, 1.165) is 5.56 Å². The molecule has 2 atom stereocenters. The lowest BCUT2D eigenvalue weighted by Crippen LogP contribution is -2.57. The topological polar surface area (TPSA) is 85.4 Å². The van der Waals surface area contributed by atoms with E-state index in [2.05, 4.69) is 0 Å². The standard InChI is InChI=1S/C23H32N2O6/c1-5-29-19(26)23-12-9-13-25(21(28)30-15-17-10-7-6-8-11-17)18(23)14-24(16-23)20(27)31-22(2,3)4/h6-8,10-11,18H,5,9,12-16H2,1-4H3/t18?,23-/m0/s1. The number of hydrogen-bond acceptors (Lipinski definition) is 6. The van der Waals surface area contributed by atoms with Crippen LogP contribution in [0.2, 0.25) is 0 Å². The van der Waals surface area contributed by atoms with E-state index in [0.29, 0.717) is 19.4 Å². The lowest BCUT2D eigenvalue weighted by Gasteiger charge is -2.42. The maximum Gasteiger partial charge on any atom is 0.410 e. The molecule has 0 radical (unpaired) electrons. The highest BCUT2D eigenvalue weighted by Crippen LogP contribution is 2.43. The zero-order valence-electron chi connectivity index (χ0n) is 18.8. The van der Waals surface area contributed by atoms with Crippen LogP contribution in [0.3, 0.4) is 0 Å². The number of nitrogens with zero attached hydrogens (tertiary/aromatic N) is 2. The first-order valence-electron chi connectivity index (χ1n) is 10.8. The van der Waals surface area contributed by atoms with Gasteiger partial charge in [-0.15, -0.1) is 0 Å². The monoisotopic (exact) mass is 432 g/mol. The van der Waals surface area contributed by atoms with E-state index in [1.807, 2.05) is 30.3 Å². The molecule has 0 saturated carbocycles.